The molecule has 0 aliphatic carbocycles. The van der Waals surface area contributed by atoms with Crippen molar-refractivity contribution in [2.75, 3.05) is 25.5 Å². The fourth-order valence-electron chi connectivity index (χ4n) is 3.93. The number of nitriles is 1. The highest BCUT2D eigenvalue weighted by Gasteiger charge is 2.30. The molecule has 0 radical (unpaired) electrons. The molecule has 31 heavy (non-hydrogen) atoms. The first kappa shape index (κ1) is 19.0. The first-order valence-corrected chi connectivity index (χ1v) is 10.2. The van der Waals surface area contributed by atoms with Gasteiger partial charge in [0.1, 0.15) is 11.9 Å². The summed E-state index contributed by atoms with van der Waals surface area (Å²) in [6, 6.07) is 13.1. The zero-order valence-corrected chi connectivity index (χ0v) is 17.1. The number of allylic oxidation sites excluding steroid dienone is 2. The number of amides is 1. The lowest BCUT2D eigenvalue weighted by atomic mass is 10.1. The number of carbonyl (C=O) groups excluding carboxylic acids is 1. The van der Waals surface area contributed by atoms with E-state index in [1.807, 2.05) is 54.4 Å². The van der Waals surface area contributed by atoms with Gasteiger partial charge in [0.05, 0.1) is 23.5 Å². The number of carbonyl (C=O) groups is 1. The quantitative estimate of drug-likeness (QED) is 0.710. The molecular weight excluding hydrogens is 390 g/mol. The fraction of sp³-hybridized carbons (Fsp3) is 0.217. The predicted molar refractivity (Wildman–Crippen MR) is 117 cm³/mol. The van der Waals surface area contributed by atoms with Crippen LogP contribution in [0, 0.1) is 11.3 Å². The molecule has 1 N–H and O–H groups in total. The first-order chi connectivity index (χ1) is 15.2. The summed E-state index contributed by atoms with van der Waals surface area (Å²) in [5.41, 5.74) is 3.10. The summed E-state index contributed by atoms with van der Waals surface area (Å²) in [5, 5.41) is 17.0. The maximum Gasteiger partial charge on any atom is 0.273 e. The highest BCUT2D eigenvalue weighted by atomic mass is 16.2. The maximum absolute atomic E-state index is 13.1. The molecule has 4 heterocycles. The zero-order valence-electron chi connectivity index (χ0n) is 17.1. The van der Waals surface area contributed by atoms with Gasteiger partial charge >= 0.3 is 0 Å². The van der Waals surface area contributed by atoms with Crippen LogP contribution >= 0.6 is 0 Å². The average Bonchev–Trinajstić information content (AvgIpc) is 3.15. The molecule has 1 aromatic carbocycles. The molecule has 2 aromatic heterocycles. The van der Waals surface area contributed by atoms with E-state index >= 15 is 0 Å². The number of likely N-dealkylation sites (N-methyl/N-ethyl adjacent to an activating group) is 1. The first-order valence-electron chi connectivity index (χ1n) is 10.2. The van der Waals surface area contributed by atoms with Gasteiger partial charge in [0.25, 0.3) is 5.91 Å². The largest absolute Gasteiger partial charge is 0.351 e. The normalized spacial score (nSPS) is 18.4. The number of aromatic nitrogens is 3. The minimum absolute atomic E-state index is 0.0916. The van der Waals surface area contributed by atoms with Gasteiger partial charge in [-0.2, -0.15) is 14.9 Å². The molecule has 5 rings (SSSR count). The van der Waals surface area contributed by atoms with Crippen molar-refractivity contribution in [2.45, 2.75) is 12.6 Å². The molecule has 8 nitrogen and oxygen atoms in total. The second kappa shape index (κ2) is 7.70. The van der Waals surface area contributed by atoms with E-state index in [1.54, 1.807) is 16.8 Å². The van der Waals surface area contributed by atoms with Gasteiger partial charge in [0, 0.05) is 25.7 Å². The lowest BCUT2D eigenvalue weighted by molar-refractivity contribution is -0.115. The summed E-state index contributed by atoms with van der Waals surface area (Å²) in [4.78, 5) is 21.7. The van der Waals surface area contributed by atoms with E-state index < -0.39 is 0 Å². The van der Waals surface area contributed by atoms with Crippen molar-refractivity contribution in [3.8, 4) is 17.3 Å². The van der Waals surface area contributed by atoms with Crippen LogP contribution in [-0.4, -0.2) is 56.6 Å². The number of rotatable bonds is 4. The summed E-state index contributed by atoms with van der Waals surface area (Å²) in [7, 11) is 1.93. The van der Waals surface area contributed by atoms with E-state index in [4.69, 9.17) is 0 Å². The van der Waals surface area contributed by atoms with Crippen LogP contribution in [0.5, 0.6) is 0 Å². The fourth-order valence-corrected chi connectivity index (χ4v) is 3.93. The molecular formula is C23H21N7O. The van der Waals surface area contributed by atoms with E-state index in [1.165, 1.54) is 6.42 Å². The van der Waals surface area contributed by atoms with Crippen LogP contribution in [0.1, 0.15) is 12.0 Å². The second-order valence-corrected chi connectivity index (χ2v) is 7.59. The molecule has 8 heteroatoms. The number of fused-ring (bicyclic) bond motifs is 1. The number of benzene rings is 1. The Morgan fingerprint density at radius 2 is 2.06 bits per heavy atom. The van der Waals surface area contributed by atoms with E-state index in [0.29, 0.717) is 28.4 Å². The molecule has 0 bridgehead atoms. The molecule has 1 fully saturated rings. The van der Waals surface area contributed by atoms with E-state index in [2.05, 4.69) is 32.4 Å². The summed E-state index contributed by atoms with van der Waals surface area (Å²) in [5.74, 6) is 0.254. The van der Waals surface area contributed by atoms with Crippen molar-refractivity contribution >= 4 is 17.4 Å². The summed E-state index contributed by atoms with van der Waals surface area (Å²) < 4.78 is 1.59. The number of hydrogen-bond donors (Lipinski definition) is 1. The Hall–Kier alpha value is -3.96. The number of imidazole rings is 1. The smallest absolute Gasteiger partial charge is 0.273 e. The molecule has 1 amide bonds. The van der Waals surface area contributed by atoms with Gasteiger partial charge in [-0.3, -0.25) is 9.69 Å². The van der Waals surface area contributed by atoms with Crippen LogP contribution in [0.2, 0.25) is 0 Å². The zero-order chi connectivity index (χ0) is 21.4. The van der Waals surface area contributed by atoms with Crippen molar-refractivity contribution in [1.82, 2.24) is 24.4 Å². The van der Waals surface area contributed by atoms with Crippen LogP contribution in [0.3, 0.4) is 0 Å². The maximum atomic E-state index is 13.1. The molecule has 2 aliphatic heterocycles. The Morgan fingerprint density at radius 3 is 2.84 bits per heavy atom. The summed E-state index contributed by atoms with van der Waals surface area (Å²) >= 11 is 0. The number of nitrogens with zero attached hydrogens (tertiary/aromatic N) is 6. The lowest BCUT2D eigenvalue weighted by Crippen LogP contribution is -2.53. The van der Waals surface area contributed by atoms with Gasteiger partial charge in [-0.25, -0.2) is 4.98 Å². The van der Waals surface area contributed by atoms with Crippen LogP contribution in [0.15, 0.2) is 66.5 Å². The van der Waals surface area contributed by atoms with E-state index in [-0.39, 0.29) is 12.1 Å². The molecule has 3 aromatic rings. The molecule has 154 valence electrons. The van der Waals surface area contributed by atoms with Crippen LogP contribution in [0.25, 0.3) is 16.9 Å². The topological polar surface area (TPSA) is 89.6 Å². The SMILES string of the molecule is CN1C(C(=O)Nc2cnc3ccc(-c4ccccc4C#N)nn23)=CC=CC1N1CCC1. The number of anilines is 1. The Kier molecular flexibility index (Phi) is 4.73. The Bertz CT molecular complexity index is 1260. The van der Waals surface area contributed by atoms with E-state index in [9.17, 15) is 10.1 Å². The van der Waals surface area contributed by atoms with Gasteiger partial charge in [-0.15, -0.1) is 0 Å². The number of nitrogens with one attached hydrogen (secondary N) is 1. The minimum Gasteiger partial charge on any atom is -0.351 e. The molecule has 1 saturated heterocycles. The number of hydrogen-bond acceptors (Lipinski definition) is 6. The third-order valence-corrected chi connectivity index (χ3v) is 5.74. The Labute approximate surface area is 179 Å². The van der Waals surface area contributed by atoms with Crippen molar-refractivity contribution in [3.05, 3.63) is 72.1 Å². The van der Waals surface area contributed by atoms with Gasteiger partial charge < -0.3 is 10.2 Å². The molecule has 2 aliphatic rings. The highest BCUT2D eigenvalue weighted by molar-refractivity contribution is 6.03. The van der Waals surface area contributed by atoms with Gasteiger partial charge in [0.15, 0.2) is 11.5 Å². The van der Waals surface area contributed by atoms with Gasteiger partial charge in [-0.05, 0) is 36.8 Å². The van der Waals surface area contributed by atoms with Crippen molar-refractivity contribution in [2.24, 2.45) is 0 Å². The monoisotopic (exact) mass is 411 g/mol. The lowest BCUT2D eigenvalue weighted by Gasteiger charge is -2.43. The summed E-state index contributed by atoms with van der Waals surface area (Å²) in [6.45, 7) is 2.08. The van der Waals surface area contributed by atoms with Gasteiger partial charge in [-0.1, -0.05) is 24.3 Å². The van der Waals surface area contributed by atoms with Crippen molar-refractivity contribution in [1.29, 1.82) is 5.26 Å². The molecule has 0 spiro atoms. The third kappa shape index (κ3) is 3.35. The molecule has 1 atom stereocenters. The standard InChI is InChI=1S/C23H21N7O/c1-28-19(8-4-9-22(28)29-12-5-13-29)23(31)26-21-15-25-20-11-10-18(27-30(20)21)17-7-3-2-6-16(17)14-24/h2-4,6-11,15,22H,5,12-13H2,1H3,(H,26,31). The predicted octanol–water partition coefficient (Wildman–Crippen LogP) is 2.62. The highest BCUT2D eigenvalue weighted by Crippen LogP contribution is 2.24. The Morgan fingerprint density at radius 1 is 1.23 bits per heavy atom. The van der Waals surface area contributed by atoms with E-state index in [0.717, 1.165) is 18.7 Å². The van der Waals surface area contributed by atoms with Crippen LogP contribution in [-0.2, 0) is 4.79 Å². The molecule has 1 unspecified atom stereocenters. The summed E-state index contributed by atoms with van der Waals surface area (Å²) in [6.07, 6.45) is 8.72. The second-order valence-electron chi connectivity index (χ2n) is 7.59. The minimum atomic E-state index is -0.219. The van der Waals surface area contributed by atoms with Crippen molar-refractivity contribution < 1.29 is 4.79 Å². The van der Waals surface area contributed by atoms with Crippen LogP contribution in [0.4, 0.5) is 5.82 Å². The van der Waals surface area contributed by atoms with Crippen LogP contribution < -0.4 is 5.32 Å². The third-order valence-electron chi connectivity index (χ3n) is 5.74. The Balaban J connectivity index is 1.43. The molecule has 0 saturated carbocycles. The van der Waals surface area contributed by atoms with Gasteiger partial charge in [0.2, 0.25) is 0 Å². The number of likely N-dealkylation sites (tertiary alicyclic amines) is 1. The average molecular weight is 411 g/mol. The van der Waals surface area contributed by atoms with Crippen molar-refractivity contribution in [3.63, 3.8) is 0 Å².